The van der Waals surface area contributed by atoms with Crippen molar-refractivity contribution in [3.63, 3.8) is 0 Å². The van der Waals surface area contributed by atoms with Crippen molar-refractivity contribution < 1.29 is 9.84 Å². The van der Waals surface area contributed by atoms with Gasteiger partial charge in [0.15, 0.2) is 0 Å². The Hall–Kier alpha value is -1.35. The van der Waals surface area contributed by atoms with Crippen LogP contribution in [-0.4, -0.2) is 31.1 Å². The zero-order valence-corrected chi connectivity index (χ0v) is 11.0. The van der Waals surface area contributed by atoms with Crippen molar-refractivity contribution in [3.8, 4) is 0 Å². The Morgan fingerprint density at radius 1 is 1.47 bits per heavy atom. The zero-order valence-electron chi connectivity index (χ0n) is 11.0. The Morgan fingerprint density at radius 2 is 2.12 bits per heavy atom. The Kier molecular flexibility index (Phi) is 8.07. The summed E-state index contributed by atoms with van der Waals surface area (Å²) in [5, 5.41) is 9.53. The third-order valence-electron chi connectivity index (χ3n) is 2.44. The van der Waals surface area contributed by atoms with Gasteiger partial charge in [-0.05, 0) is 24.8 Å². The molecule has 0 aromatic carbocycles. The summed E-state index contributed by atoms with van der Waals surface area (Å²) >= 11 is 0. The first-order chi connectivity index (χ1) is 8.02. The highest BCUT2D eigenvalue weighted by Gasteiger charge is 2.18. The molecule has 0 aliphatic heterocycles. The van der Waals surface area contributed by atoms with Crippen LogP contribution in [0.3, 0.4) is 0 Å². The van der Waals surface area contributed by atoms with Gasteiger partial charge in [0.2, 0.25) is 0 Å². The molecule has 0 aliphatic carbocycles. The number of aliphatic hydroxyl groups excluding tert-OH is 1. The molecule has 1 N–H and O–H groups in total. The monoisotopic (exact) mass is 237 g/mol. The molecule has 0 radical (unpaired) electrons. The molecule has 0 fully saturated rings. The molecule has 0 bridgehead atoms. The van der Waals surface area contributed by atoms with Gasteiger partial charge in [-0.2, -0.15) is 0 Å². The Bertz CT molecular complexity index is 305. The van der Waals surface area contributed by atoms with Crippen LogP contribution in [0.15, 0.2) is 41.6 Å². The lowest BCUT2D eigenvalue weighted by molar-refractivity contribution is 0.172. The number of nitrogens with zero attached hydrogens (tertiary/aromatic N) is 1. The fourth-order valence-corrected chi connectivity index (χ4v) is 1.46. The lowest BCUT2D eigenvalue weighted by Crippen LogP contribution is -2.19. The molecule has 0 aromatic rings. The molecule has 0 saturated heterocycles. The average Bonchev–Trinajstić information content (AvgIpc) is 2.26. The molecule has 3 heteroatoms. The van der Waals surface area contributed by atoms with Crippen molar-refractivity contribution >= 4 is 6.21 Å². The van der Waals surface area contributed by atoms with E-state index in [9.17, 15) is 5.11 Å². The molecule has 3 nitrogen and oxygen atoms in total. The summed E-state index contributed by atoms with van der Waals surface area (Å²) < 4.78 is 5.01. The molecule has 2 atom stereocenters. The van der Waals surface area contributed by atoms with Crippen LogP contribution < -0.4 is 0 Å². The van der Waals surface area contributed by atoms with Crippen LogP contribution in [0.4, 0.5) is 0 Å². The van der Waals surface area contributed by atoms with Gasteiger partial charge in [0.25, 0.3) is 0 Å². The lowest BCUT2D eigenvalue weighted by Gasteiger charge is -2.18. The van der Waals surface area contributed by atoms with Gasteiger partial charge in [-0.15, -0.1) is 0 Å². The molecule has 0 saturated carbocycles. The summed E-state index contributed by atoms with van der Waals surface area (Å²) in [6.07, 6.45) is 6.25. The van der Waals surface area contributed by atoms with Gasteiger partial charge in [0, 0.05) is 19.9 Å². The van der Waals surface area contributed by atoms with Crippen molar-refractivity contribution in [1.82, 2.24) is 0 Å². The van der Waals surface area contributed by atoms with Crippen molar-refractivity contribution in [1.29, 1.82) is 0 Å². The quantitative estimate of drug-likeness (QED) is 0.400. The molecule has 2 unspecified atom stereocenters. The van der Waals surface area contributed by atoms with Crippen LogP contribution in [-0.2, 0) is 4.74 Å². The highest BCUT2D eigenvalue weighted by atomic mass is 16.5. The molecule has 0 spiro atoms. The minimum absolute atomic E-state index is 0.0816. The molecular formula is C14H23NO2. The lowest BCUT2D eigenvalue weighted by atomic mass is 9.98. The van der Waals surface area contributed by atoms with Crippen molar-refractivity contribution in [2.75, 3.05) is 13.7 Å². The molecule has 0 rings (SSSR count). The van der Waals surface area contributed by atoms with Gasteiger partial charge < -0.3 is 9.84 Å². The Labute approximate surface area is 104 Å². The second-order valence-corrected chi connectivity index (χ2v) is 4.05. The molecule has 0 aliphatic rings. The number of methoxy groups -OCH3 is 1. The van der Waals surface area contributed by atoms with Crippen molar-refractivity contribution in [2.45, 2.75) is 26.3 Å². The summed E-state index contributed by atoms with van der Waals surface area (Å²) in [6.45, 7) is 12.0. The molecule has 96 valence electrons. The summed E-state index contributed by atoms with van der Waals surface area (Å²) in [5.41, 5.74) is 0.803. The van der Waals surface area contributed by atoms with Gasteiger partial charge in [-0.25, -0.2) is 0 Å². The van der Waals surface area contributed by atoms with Crippen LogP contribution in [0, 0.1) is 5.92 Å². The minimum atomic E-state index is -0.299. The SMILES string of the molecule is C=C(C=NC(C(=C)O)C(C)CCOC)/C=C\C. The van der Waals surface area contributed by atoms with Crippen LogP contribution in [0.2, 0.25) is 0 Å². The van der Waals surface area contributed by atoms with Crippen LogP contribution >= 0.6 is 0 Å². The van der Waals surface area contributed by atoms with E-state index in [1.54, 1.807) is 13.3 Å². The molecule has 0 amide bonds. The van der Waals surface area contributed by atoms with Crippen molar-refractivity contribution in [3.05, 3.63) is 36.6 Å². The van der Waals surface area contributed by atoms with E-state index in [4.69, 9.17) is 4.74 Å². The summed E-state index contributed by atoms with van der Waals surface area (Å²) in [6, 6.07) is -0.299. The van der Waals surface area contributed by atoms with E-state index in [0.29, 0.717) is 6.61 Å². The highest BCUT2D eigenvalue weighted by molar-refractivity contribution is 5.81. The fourth-order valence-electron chi connectivity index (χ4n) is 1.46. The number of rotatable bonds is 8. The van der Waals surface area contributed by atoms with E-state index in [1.165, 1.54) is 0 Å². The number of hydrogen-bond donors (Lipinski definition) is 1. The van der Waals surface area contributed by atoms with E-state index in [-0.39, 0.29) is 17.7 Å². The number of ether oxygens (including phenoxy) is 1. The van der Waals surface area contributed by atoms with Crippen molar-refractivity contribution in [2.24, 2.45) is 10.9 Å². The first-order valence-electron chi connectivity index (χ1n) is 5.74. The van der Waals surface area contributed by atoms with Gasteiger partial charge >= 0.3 is 0 Å². The van der Waals surface area contributed by atoms with E-state index in [2.05, 4.69) is 18.2 Å². The van der Waals surface area contributed by atoms with Crippen LogP contribution in [0.5, 0.6) is 0 Å². The summed E-state index contributed by atoms with van der Waals surface area (Å²) in [7, 11) is 1.66. The second-order valence-electron chi connectivity index (χ2n) is 4.05. The first kappa shape index (κ1) is 15.7. The molecule has 0 aromatic heterocycles. The van der Waals surface area contributed by atoms with Gasteiger partial charge in [0.05, 0.1) is 0 Å². The Morgan fingerprint density at radius 3 is 2.59 bits per heavy atom. The van der Waals surface area contributed by atoms with Gasteiger partial charge in [-0.3, -0.25) is 4.99 Å². The van der Waals surface area contributed by atoms with Crippen LogP contribution in [0.1, 0.15) is 20.3 Å². The van der Waals surface area contributed by atoms with E-state index in [1.807, 2.05) is 26.0 Å². The molecule has 0 heterocycles. The van der Waals surface area contributed by atoms with E-state index >= 15 is 0 Å². The van der Waals surface area contributed by atoms with E-state index < -0.39 is 0 Å². The third kappa shape index (κ3) is 6.74. The third-order valence-corrected chi connectivity index (χ3v) is 2.44. The predicted molar refractivity (Wildman–Crippen MR) is 73.7 cm³/mol. The molecule has 17 heavy (non-hydrogen) atoms. The smallest absolute Gasteiger partial charge is 0.110 e. The van der Waals surface area contributed by atoms with Gasteiger partial charge in [-0.1, -0.05) is 32.2 Å². The summed E-state index contributed by atoms with van der Waals surface area (Å²) in [4.78, 5) is 4.31. The average molecular weight is 237 g/mol. The zero-order chi connectivity index (χ0) is 13.3. The highest BCUT2D eigenvalue weighted by Crippen LogP contribution is 2.17. The maximum Gasteiger partial charge on any atom is 0.110 e. The minimum Gasteiger partial charge on any atom is -0.511 e. The topological polar surface area (TPSA) is 41.8 Å². The second kappa shape index (κ2) is 8.76. The maximum atomic E-state index is 9.53. The number of allylic oxidation sites excluding steroid dienone is 3. The van der Waals surface area contributed by atoms with Gasteiger partial charge in [0.1, 0.15) is 11.8 Å². The number of aliphatic hydroxyl groups is 1. The van der Waals surface area contributed by atoms with Crippen LogP contribution in [0.25, 0.3) is 0 Å². The summed E-state index contributed by atoms with van der Waals surface area (Å²) in [5.74, 6) is 0.264. The maximum absolute atomic E-state index is 9.53. The predicted octanol–water partition coefficient (Wildman–Crippen LogP) is 3.30. The normalized spacial score (nSPS) is 15.2. The molecular weight excluding hydrogens is 214 g/mol. The first-order valence-corrected chi connectivity index (χ1v) is 5.74. The largest absolute Gasteiger partial charge is 0.511 e. The number of hydrogen-bond acceptors (Lipinski definition) is 3. The van der Waals surface area contributed by atoms with E-state index in [0.717, 1.165) is 12.0 Å². The Balaban J connectivity index is 4.53. The standard InChI is InChI=1S/C14H23NO2/c1-6-7-11(2)10-15-14(13(4)16)12(3)8-9-17-5/h6-7,10,12,14,16H,2,4,8-9H2,1,3,5H3/b7-6-,15-10?. The fraction of sp³-hybridized carbons (Fsp3) is 0.500. The number of aliphatic imine (C=N–C) groups is 1.